The third-order valence-corrected chi connectivity index (χ3v) is 9.61. The zero-order valence-corrected chi connectivity index (χ0v) is 15.0. The highest BCUT2D eigenvalue weighted by Gasteiger charge is 2.38. The average Bonchev–Trinajstić information content (AvgIpc) is 2.65. The van der Waals surface area contributed by atoms with Crippen LogP contribution in [0.3, 0.4) is 0 Å². The van der Waals surface area contributed by atoms with Crippen LogP contribution < -0.4 is 15.6 Å². The fraction of sp³-hybridized carbons (Fsp3) is 0.136. The summed E-state index contributed by atoms with van der Waals surface area (Å²) in [5.74, 6) is 0.259. The van der Waals surface area contributed by atoms with Crippen molar-refractivity contribution >= 4 is 29.4 Å². The molecule has 2 heteroatoms. The first kappa shape index (κ1) is 16.4. The van der Waals surface area contributed by atoms with E-state index in [1.807, 2.05) is 0 Å². The summed E-state index contributed by atoms with van der Waals surface area (Å²) in [5, 5.41) is 4.09. The molecule has 0 aliphatic carbocycles. The van der Waals surface area contributed by atoms with E-state index in [1.54, 1.807) is 6.92 Å². The van der Waals surface area contributed by atoms with Gasteiger partial charge in [0, 0.05) is 6.42 Å². The van der Waals surface area contributed by atoms with Crippen molar-refractivity contribution in [1.29, 1.82) is 0 Å². The van der Waals surface area contributed by atoms with Crippen molar-refractivity contribution in [2.75, 3.05) is 0 Å². The molecule has 0 bridgehead atoms. The van der Waals surface area contributed by atoms with Crippen LogP contribution in [0.2, 0.25) is 6.04 Å². The summed E-state index contributed by atoms with van der Waals surface area (Å²) in [6, 6.07) is 33.1. The fourth-order valence-corrected chi connectivity index (χ4v) is 8.34. The van der Waals surface area contributed by atoms with Gasteiger partial charge in [0.2, 0.25) is 0 Å². The largest absolute Gasteiger partial charge is 0.300 e. The number of hydrogen-bond donors (Lipinski definition) is 0. The number of benzene rings is 3. The van der Waals surface area contributed by atoms with Crippen molar-refractivity contribution in [3.63, 3.8) is 0 Å². The number of rotatable bonds is 6. The van der Waals surface area contributed by atoms with Crippen LogP contribution in [0, 0.1) is 0 Å². The third-order valence-electron chi connectivity index (χ3n) is 4.65. The standard InChI is InChI=1S/C22H22OSi/c1-19(23)17-18-24(20-11-5-2-6-12-20,21-13-7-3-8-14-21)22-15-9-4-10-16-22/h2-16H,17-18H2,1H3. The molecule has 0 aliphatic rings. The molecule has 0 N–H and O–H groups in total. The molecule has 1 nitrogen and oxygen atoms in total. The van der Waals surface area contributed by atoms with Gasteiger partial charge in [-0.2, -0.15) is 0 Å². The first-order valence-corrected chi connectivity index (χ1v) is 10.6. The lowest BCUT2D eigenvalue weighted by molar-refractivity contribution is -0.116. The van der Waals surface area contributed by atoms with Crippen LogP contribution in [0.5, 0.6) is 0 Å². The molecule has 0 saturated heterocycles. The Morgan fingerprint density at radius 1 is 0.667 bits per heavy atom. The second-order valence-corrected chi connectivity index (χ2v) is 10.2. The van der Waals surface area contributed by atoms with E-state index in [1.165, 1.54) is 15.6 Å². The maximum absolute atomic E-state index is 11.8. The Balaban J connectivity index is 2.26. The summed E-state index contributed by atoms with van der Waals surface area (Å²) >= 11 is 0. The van der Waals surface area contributed by atoms with Gasteiger partial charge in [-0.25, -0.2) is 0 Å². The first-order valence-electron chi connectivity index (χ1n) is 8.39. The van der Waals surface area contributed by atoms with Gasteiger partial charge >= 0.3 is 0 Å². The Bertz CT molecular complexity index is 685. The number of hydrogen-bond acceptors (Lipinski definition) is 1. The van der Waals surface area contributed by atoms with E-state index >= 15 is 0 Å². The van der Waals surface area contributed by atoms with Crippen LogP contribution in [0.1, 0.15) is 13.3 Å². The highest BCUT2D eigenvalue weighted by molar-refractivity contribution is 7.11. The summed E-state index contributed by atoms with van der Waals surface area (Å²) in [6.07, 6.45) is 0.616. The van der Waals surface area contributed by atoms with Gasteiger partial charge < -0.3 is 4.79 Å². The Morgan fingerprint density at radius 2 is 1.00 bits per heavy atom. The quantitative estimate of drug-likeness (QED) is 0.501. The van der Waals surface area contributed by atoms with Crippen LogP contribution in [0.15, 0.2) is 91.0 Å². The zero-order chi connectivity index (χ0) is 16.8. The lowest BCUT2D eigenvalue weighted by Gasteiger charge is -2.33. The molecule has 24 heavy (non-hydrogen) atoms. The predicted molar refractivity (Wildman–Crippen MR) is 104 cm³/mol. The van der Waals surface area contributed by atoms with Gasteiger partial charge in [0.1, 0.15) is 13.9 Å². The Morgan fingerprint density at radius 3 is 1.29 bits per heavy atom. The van der Waals surface area contributed by atoms with Crippen LogP contribution >= 0.6 is 0 Å². The lowest BCUT2D eigenvalue weighted by Crippen LogP contribution is -2.67. The Hall–Kier alpha value is -2.45. The van der Waals surface area contributed by atoms with Crippen LogP contribution in [0.4, 0.5) is 0 Å². The Labute approximate surface area is 145 Å². The van der Waals surface area contributed by atoms with Gasteiger partial charge in [0.05, 0.1) is 0 Å². The molecule has 0 spiro atoms. The summed E-state index contributed by atoms with van der Waals surface area (Å²) in [4.78, 5) is 11.8. The second-order valence-electron chi connectivity index (χ2n) is 6.21. The van der Waals surface area contributed by atoms with E-state index in [0.29, 0.717) is 6.42 Å². The van der Waals surface area contributed by atoms with Gasteiger partial charge in [0.25, 0.3) is 0 Å². The Kier molecular flexibility index (Phi) is 5.07. The molecular weight excluding hydrogens is 308 g/mol. The molecule has 0 radical (unpaired) electrons. The molecule has 0 amide bonds. The van der Waals surface area contributed by atoms with E-state index in [0.717, 1.165) is 6.04 Å². The van der Waals surface area contributed by atoms with Crippen LogP contribution in [0.25, 0.3) is 0 Å². The van der Waals surface area contributed by atoms with Crippen molar-refractivity contribution in [2.45, 2.75) is 19.4 Å². The van der Waals surface area contributed by atoms with Crippen molar-refractivity contribution in [2.24, 2.45) is 0 Å². The topological polar surface area (TPSA) is 17.1 Å². The number of Topliss-reactive ketones (excluding diaryl/α,β-unsaturated/α-hetero) is 1. The zero-order valence-electron chi connectivity index (χ0n) is 14.0. The van der Waals surface area contributed by atoms with E-state index in [2.05, 4.69) is 91.0 Å². The van der Waals surface area contributed by atoms with Gasteiger partial charge in [-0.05, 0) is 28.5 Å². The van der Waals surface area contributed by atoms with Gasteiger partial charge in [0.15, 0.2) is 0 Å². The molecule has 0 fully saturated rings. The summed E-state index contributed by atoms with van der Waals surface area (Å²) < 4.78 is 0. The normalized spacial score (nSPS) is 11.2. The number of ketones is 1. The second kappa shape index (κ2) is 7.41. The summed E-state index contributed by atoms with van der Waals surface area (Å²) in [6.45, 7) is 1.69. The van der Waals surface area contributed by atoms with E-state index in [-0.39, 0.29) is 5.78 Å². The molecule has 0 heterocycles. The molecule has 0 unspecified atom stereocenters. The molecule has 3 aromatic carbocycles. The summed E-state index contributed by atoms with van der Waals surface area (Å²) in [7, 11) is -2.21. The molecule has 0 saturated carbocycles. The number of carbonyl (C=O) groups is 1. The maximum Gasteiger partial charge on any atom is 0.148 e. The lowest BCUT2D eigenvalue weighted by atomic mass is 10.3. The van der Waals surface area contributed by atoms with Crippen molar-refractivity contribution in [3.05, 3.63) is 91.0 Å². The fourth-order valence-electron chi connectivity index (χ4n) is 3.46. The minimum absolute atomic E-state index is 0.259. The minimum atomic E-state index is -2.21. The van der Waals surface area contributed by atoms with E-state index in [9.17, 15) is 4.79 Å². The molecule has 0 aliphatic heterocycles. The minimum Gasteiger partial charge on any atom is -0.300 e. The number of carbonyl (C=O) groups excluding carboxylic acids is 1. The predicted octanol–water partition coefficient (Wildman–Crippen LogP) is 3.14. The molecule has 0 aromatic heterocycles. The first-order chi connectivity index (χ1) is 11.7. The van der Waals surface area contributed by atoms with E-state index < -0.39 is 8.07 Å². The third kappa shape index (κ3) is 3.24. The molecular formula is C22H22OSi. The van der Waals surface area contributed by atoms with Crippen molar-refractivity contribution in [1.82, 2.24) is 0 Å². The van der Waals surface area contributed by atoms with Crippen molar-refractivity contribution in [3.8, 4) is 0 Å². The SMILES string of the molecule is CC(=O)CC[Si](c1ccccc1)(c1ccccc1)c1ccccc1. The van der Waals surface area contributed by atoms with E-state index in [4.69, 9.17) is 0 Å². The monoisotopic (exact) mass is 330 g/mol. The molecule has 120 valence electrons. The van der Waals surface area contributed by atoms with Gasteiger partial charge in [-0.15, -0.1) is 0 Å². The van der Waals surface area contributed by atoms with Crippen LogP contribution in [-0.2, 0) is 4.79 Å². The van der Waals surface area contributed by atoms with Gasteiger partial charge in [-0.3, -0.25) is 0 Å². The smallest absolute Gasteiger partial charge is 0.148 e. The van der Waals surface area contributed by atoms with Gasteiger partial charge in [-0.1, -0.05) is 91.0 Å². The van der Waals surface area contributed by atoms with Crippen molar-refractivity contribution < 1.29 is 4.79 Å². The molecule has 3 rings (SSSR count). The van der Waals surface area contributed by atoms with Crippen LogP contribution in [-0.4, -0.2) is 13.9 Å². The maximum atomic E-state index is 11.8. The highest BCUT2D eigenvalue weighted by atomic mass is 28.3. The molecule has 3 aromatic rings. The highest BCUT2D eigenvalue weighted by Crippen LogP contribution is 2.15. The molecule has 0 atom stereocenters. The summed E-state index contributed by atoms with van der Waals surface area (Å²) in [5.41, 5.74) is 0. The average molecular weight is 331 g/mol.